The van der Waals surface area contributed by atoms with E-state index >= 15 is 0 Å². The molecule has 0 aliphatic carbocycles. The van der Waals surface area contributed by atoms with Crippen LogP contribution in [0.2, 0.25) is 0 Å². The molecule has 12 atom stereocenters. The first kappa shape index (κ1) is 110. The Balaban J connectivity index is -0.000000164. The molecule has 32 nitrogen and oxygen atoms in total. The molecule has 0 fully saturated rings. The summed E-state index contributed by atoms with van der Waals surface area (Å²) in [4.78, 5) is 132. The molecule has 0 aromatic carbocycles. The van der Waals surface area contributed by atoms with Gasteiger partial charge in [-0.25, -0.2) is 14.4 Å². The molecule has 0 spiro atoms. The van der Waals surface area contributed by atoms with Crippen molar-refractivity contribution in [3.8, 4) is 0 Å². The third kappa shape index (κ3) is 67.6. The van der Waals surface area contributed by atoms with Crippen LogP contribution in [0.4, 0.5) is 0 Å². The van der Waals surface area contributed by atoms with Crippen LogP contribution in [0.3, 0.4) is 0 Å². The van der Waals surface area contributed by atoms with Crippen molar-refractivity contribution in [3.63, 3.8) is 0 Å². The zero-order valence-electron chi connectivity index (χ0n) is 66.8. The molecular weight excluding hydrogens is 1310 g/mol. The zero-order chi connectivity index (χ0) is 81.3. The molecular formula is C69H143N13O19. The molecule has 4 unspecified atom stereocenters. The molecule has 101 heavy (non-hydrogen) atoms. The summed E-state index contributed by atoms with van der Waals surface area (Å²) in [5.74, 6) is -2.82. The van der Waals surface area contributed by atoms with Crippen LogP contribution in [0.1, 0.15) is 190 Å². The molecule has 0 bridgehead atoms. The first-order chi connectivity index (χ1) is 46.4. The molecule has 0 aromatic heterocycles. The van der Waals surface area contributed by atoms with Crippen molar-refractivity contribution in [1.82, 2.24) is 53.2 Å². The van der Waals surface area contributed by atoms with Gasteiger partial charge >= 0.3 is 41.8 Å². The Bertz CT molecular complexity index is 2250. The average molecular weight is 1460 g/mol. The topological polar surface area (TPSA) is 512 Å². The normalized spacial score (nSPS) is 14.1. The number of carboxylic acids is 4. The van der Waals surface area contributed by atoms with Crippen molar-refractivity contribution in [1.29, 1.82) is 0 Å². The van der Waals surface area contributed by atoms with Crippen LogP contribution in [0, 0.1) is 47.3 Å². The van der Waals surface area contributed by atoms with Gasteiger partial charge in [0.25, 0.3) is 0 Å². The van der Waals surface area contributed by atoms with Gasteiger partial charge in [-0.3, -0.25) is 43.2 Å². The Morgan fingerprint density at radius 1 is 0.277 bits per heavy atom. The van der Waals surface area contributed by atoms with Gasteiger partial charge in [0.2, 0.25) is 29.5 Å². The van der Waals surface area contributed by atoms with E-state index in [0.717, 1.165) is 12.8 Å². The largest absolute Gasteiger partial charge is 0.480 e. The minimum atomic E-state index is -1.06. The number of nitrogens with two attached hydrogens (primary N) is 3. The fraction of sp³-hybridized carbons (Fsp3) is 0.826. The van der Waals surface area contributed by atoms with Crippen LogP contribution in [-0.2, 0) is 71.7 Å². The number of hydrogen-bond donors (Lipinski definition) is 17. The van der Waals surface area contributed by atoms with Crippen molar-refractivity contribution in [3.05, 3.63) is 0 Å². The fourth-order valence-corrected chi connectivity index (χ4v) is 8.01. The van der Waals surface area contributed by atoms with Crippen LogP contribution in [0.25, 0.3) is 0 Å². The number of aliphatic carboxylic acids is 4. The van der Waals surface area contributed by atoms with E-state index in [1.54, 1.807) is 49.1 Å². The van der Waals surface area contributed by atoms with Crippen molar-refractivity contribution in [2.75, 3.05) is 63.6 Å². The third-order valence-electron chi connectivity index (χ3n) is 13.7. The number of esters is 3. The fourth-order valence-electron chi connectivity index (χ4n) is 8.01. The summed E-state index contributed by atoms with van der Waals surface area (Å²) in [7, 11) is 14.2. The van der Waals surface area contributed by atoms with Gasteiger partial charge in [-0.05, 0) is 162 Å². The Hall–Kier alpha value is -6.68. The van der Waals surface area contributed by atoms with Gasteiger partial charge in [-0.1, -0.05) is 111 Å². The SMILES string of the molecule is CC(C)C[C@H](N)C(=O)NC(C)C(=O)O.CC(C)C[C@H](NC(=O)C(C)N)C(=O)O.CNC(=O)[C@H](CC(C)C)NC.CNC(C)C(=O)N[C@@H](CC(C)C)C(=O)OC.CN[C@@H](CC(C)C)C(=O)NC(C)C(=O)OC.CN[C@@H](CC(C)C)C(=O)O.CN[C@@H](CC(C)C)C(=O)O.COC(=O)[C@@H](N)CC(C)C. The number of methoxy groups -OCH3 is 3. The molecule has 0 rings (SSSR count). The number of hydrogen-bond acceptors (Lipinski definition) is 23. The van der Waals surface area contributed by atoms with Gasteiger partial charge in [0.15, 0.2) is 0 Å². The first-order valence-electron chi connectivity index (χ1n) is 34.6. The van der Waals surface area contributed by atoms with E-state index in [0.29, 0.717) is 80.0 Å². The summed E-state index contributed by atoms with van der Waals surface area (Å²) in [5, 5.41) is 61.3. The number of rotatable bonds is 37. The van der Waals surface area contributed by atoms with Crippen LogP contribution in [0.15, 0.2) is 0 Å². The molecule has 598 valence electrons. The highest BCUT2D eigenvalue weighted by molar-refractivity contribution is 5.89. The first-order valence-corrected chi connectivity index (χ1v) is 34.6. The summed E-state index contributed by atoms with van der Waals surface area (Å²) in [5.41, 5.74) is 16.3. The van der Waals surface area contributed by atoms with Crippen LogP contribution >= 0.6 is 0 Å². The van der Waals surface area contributed by atoms with Gasteiger partial charge in [-0.15, -0.1) is 0 Å². The van der Waals surface area contributed by atoms with Gasteiger partial charge in [0, 0.05) is 7.05 Å². The number of likely N-dealkylation sites (N-methyl/N-ethyl adjacent to an activating group) is 6. The van der Waals surface area contributed by atoms with Crippen LogP contribution in [0.5, 0.6) is 0 Å². The van der Waals surface area contributed by atoms with E-state index in [9.17, 15) is 57.5 Å². The monoisotopic (exact) mass is 1460 g/mol. The quantitative estimate of drug-likeness (QED) is 0.0314. The van der Waals surface area contributed by atoms with Crippen molar-refractivity contribution in [2.24, 2.45) is 64.5 Å². The second-order valence-corrected chi connectivity index (χ2v) is 27.5. The maximum Gasteiger partial charge on any atom is 0.328 e. The van der Waals surface area contributed by atoms with Crippen molar-refractivity contribution < 1.29 is 92.2 Å². The number of ether oxygens (including phenoxy) is 3. The Morgan fingerprint density at radius 3 is 0.832 bits per heavy atom. The van der Waals surface area contributed by atoms with E-state index < -0.39 is 89.9 Å². The lowest BCUT2D eigenvalue weighted by atomic mass is 10.0. The number of amides is 5. The maximum absolute atomic E-state index is 11.8. The molecule has 0 aliphatic rings. The second-order valence-electron chi connectivity index (χ2n) is 27.5. The summed E-state index contributed by atoms with van der Waals surface area (Å²) in [6.07, 6.45) is 5.22. The number of carbonyl (C=O) groups excluding carboxylic acids is 8. The van der Waals surface area contributed by atoms with E-state index in [1.807, 2.05) is 104 Å². The van der Waals surface area contributed by atoms with Gasteiger partial charge in [0.1, 0.15) is 42.3 Å². The summed E-state index contributed by atoms with van der Waals surface area (Å²) >= 11 is 0. The highest BCUT2D eigenvalue weighted by Gasteiger charge is 2.27. The maximum atomic E-state index is 11.8. The Kier molecular flexibility index (Phi) is 71.3. The third-order valence-corrected chi connectivity index (χ3v) is 13.7. The minimum Gasteiger partial charge on any atom is -0.480 e. The molecule has 32 heteroatoms. The smallest absolute Gasteiger partial charge is 0.328 e. The Morgan fingerprint density at radius 2 is 0.564 bits per heavy atom. The molecule has 0 radical (unpaired) electrons. The molecule has 0 aliphatic heterocycles. The second kappa shape index (κ2) is 65.4. The Labute approximate surface area is 605 Å². The number of carbonyl (C=O) groups is 12. The van der Waals surface area contributed by atoms with Gasteiger partial charge < -0.3 is 105 Å². The van der Waals surface area contributed by atoms with E-state index in [-0.39, 0.29) is 59.8 Å². The molecule has 20 N–H and O–H groups in total. The molecule has 0 aromatic rings. The highest BCUT2D eigenvalue weighted by Crippen LogP contribution is 2.10. The van der Waals surface area contributed by atoms with Crippen LogP contribution < -0.4 is 70.4 Å². The molecule has 0 saturated carbocycles. The standard InChI is InChI=1S/2C11H22N2O3.2C9H18N2O3.C8H18N2O.3C7H15NO2/c1-7(2)6-9(12-4)10(14)13-8(3)11(15)16-5;1-7(2)6-9(11(15)16-5)13-10(14)8(3)12-4;1-5(2)4-7(10)8(12)11-6(3)9(13)14;1-5(2)4-7(9(13)14)11-8(12)6(3)10;1-6(2)5-7(9-3)8(11)10-4;1-5(2)4-6(8)7(9)10-3;2*1-5(2)4-6(8-3)7(9)10/h2*7-9,12H,6H2,1-5H3,(H,13,14);2*5-7H,4,10H2,1-3H3,(H,11,12)(H,13,14);6-7,9H,5H2,1-4H3,(H,10,11);5-6H,4,8H2,1-3H3;2*5-6,8H,4H2,1-3H3,(H,9,10)/t2*8?,9-;2*6?,7-;7-;3*6-/m00000000/s1. The predicted molar refractivity (Wildman–Crippen MR) is 395 cm³/mol. The van der Waals surface area contributed by atoms with Crippen molar-refractivity contribution >= 4 is 71.3 Å². The zero-order valence-corrected chi connectivity index (χ0v) is 66.8. The summed E-state index contributed by atoms with van der Waals surface area (Å²) in [6, 6.07) is -6.07. The van der Waals surface area contributed by atoms with Crippen molar-refractivity contribution in [2.45, 2.75) is 262 Å². The van der Waals surface area contributed by atoms with Gasteiger partial charge in [0.05, 0.1) is 51.5 Å². The molecule has 5 amide bonds. The lowest BCUT2D eigenvalue weighted by Crippen LogP contribution is -2.49. The summed E-state index contributed by atoms with van der Waals surface area (Å²) < 4.78 is 13.6. The predicted octanol–water partition coefficient (Wildman–Crippen LogP) is 2.80. The number of nitrogens with one attached hydrogen (secondary N) is 10. The molecule has 0 saturated heterocycles. The lowest BCUT2D eigenvalue weighted by molar-refractivity contribution is -0.145. The lowest BCUT2D eigenvalue weighted by Gasteiger charge is -2.20. The van der Waals surface area contributed by atoms with E-state index in [4.69, 9.17) is 37.6 Å². The highest BCUT2D eigenvalue weighted by atomic mass is 16.5. The van der Waals surface area contributed by atoms with E-state index in [1.165, 1.54) is 35.2 Å². The average Bonchev–Trinajstić information content (AvgIpc) is 1.14. The molecule has 0 heterocycles. The number of carboxylic acid groups (broad SMARTS) is 4. The summed E-state index contributed by atoms with van der Waals surface area (Å²) in [6.45, 7) is 38.3. The van der Waals surface area contributed by atoms with E-state index in [2.05, 4.69) is 81.2 Å². The van der Waals surface area contributed by atoms with Gasteiger partial charge in [-0.2, -0.15) is 0 Å². The minimum absolute atomic E-state index is 0.0417. The van der Waals surface area contributed by atoms with Crippen LogP contribution in [-0.4, -0.2) is 228 Å².